The molecule has 0 aromatic carbocycles. The standard InChI is InChI=1S/C8H12N4OS/c1-14-5-3-6(9)8(13)7-2-4-10-12-11-7/h2,4,6H,3,5,9H2,1H3/t6-/m0/s1. The van der Waals surface area contributed by atoms with Gasteiger partial charge < -0.3 is 5.73 Å². The van der Waals surface area contributed by atoms with Gasteiger partial charge in [0.25, 0.3) is 0 Å². The summed E-state index contributed by atoms with van der Waals surface area (Å²) in [5, 5.41) is 10.5. The molecule has 0 aliphatic carbocycles. The Morgan fingerprint density at radius 2 is 2.50 bits per heavy atom. The number of nitrogens with two attached hydrogens (primary N) is 1. The van der Waals surface area contributed by atoms with E-state index in [1.165, 1.54) is 12.3 Å². The average molecular weight is 212 g/mol. The van der Waals surface area contributed by atoms with Crippen LogP contribution < -0.4 is 5.73 Å². The highest BCUT2D eigenvalue weighted by Crippen LogP contribution is 2.03. The normalized spacial score (nSPS) is 12.4. The van der Waals surface area contributed by atoms with E-state index in [1.54, 1.807) is 11.8 Å². The van der Waals surface area contributed by atoms with E-state index in [0.29, 0.717) is 6.42 Å². The van der Waals surface area contributed by atoms with Gasteiger partial charge >= 0.3 is 0 Å². The highest BCUT2D eigenvalue weighted by molar-refractivity contribution is 7.98. The van der Waals surface area contributed by atoms with Gasteiger partial charge in [-0.1, -0.05) is 0 Å². The largest absolute Gasteiger partial charge is 0.321 e. The second-order valence-corrected chi connectivity index (χ2v) is 3.74. The molecule has 0 aliphatic heterocycles. The van der Waals surface area contributed by atoms with Crippen LogP contribution in [0, 0.1) is 0 Å². The molecule has 0 spiro atoms. The average Bonchev–Trinajstić information content (AvgIpc) is 2.26. The lowest BCUT2D eigenvalue weighted by Crippen LogP contribution is -2.31. The quantitative estimate of drug-likeness (QED) is 0.699. The van der Waals surface area contributed by atoms with Gasteiger partial charge in [0.1, 0.15) is 5.69 Å². The van der Waals surface area contributed by atoms with Crippen LogP contribution in [0.25, 0.3) is 0 Å². The highest BCUT2D eigenvalue weighted by Gasteiger charge is 2.16. The van der Waals surface area contributed by atoms with Crippen molar-refractivity contribution in [2.45, 2.75) is 12.5 Å². The van der Waals surface area contributed by atoms with E-state index >= 15 is 0 Å². The highest BCUT2D eigenvalue weighted by atomic mass is 32.2. The van der Waals surface area contributed by atoms with Crippen LogP contribution in [-0.2, 0) is 0 Å². The van der Waals surface area contributed by atoms with E-state index in [9.17, 15) is 4.79 Å². The third kappa shape index (κ3) is 3.04. The Balaban J connectivity index is 2.57. The first kappa shape index (κ1) is 11.1. The Hall–Kier alpha value is -1.01. The number of Topliss-reactive ketones (excluding diaryl/α,β-unsaturated/α-hetero) is 1. The second-order valence-electron chi connectivity index (χ2n) is 2.76. The molecule has 1 heterocycles. The molecule has 0 bridgehead atoms. The van der Waals surface area contributed by atoms with Gasteiger partial charge in [0, 0.05) is 0 Å². The molecule has 6 heteroatoms. The minimum absolute atomic E-state index is 0.172. The summed E-state index contributed by atoms with van der Waals surface area (Å²) in [5.74, 6) is 0.694. The van der Waals surface area contributed by atoms with Crippen LogP contribution in [-0.4, -0.2) is 39.2 Å². The first-order chi connectivity index (χ1) is 6.75. The van der Waals surface area contributed by atoms with Crippen molar-refractivity contribution in [2.24, 2.45) is 5.73 Å². The van der Waals surface area contributed by atoms with Gasteiger partial charge in [-0.3, -0.25) is 4.79 Å². The molecule has 0 radical (unpaired) electrons. The number of hydrogen-bond donors (Lipinski definition) is 1. The molecule has 76 valence electrons. The third-order valence-electron chi connectivity index (χ3n) is 1.73. The zero-order chi connectivity index (χ0) is 10.4. The molecule has 1 rings (SSSR count). The van der Waals surface area contributed by atoms with Crippen LogP contribution in [0.2, 0.25) is 0 Å². The maximum atomic E-state index is 11.6. The van der Waals surface area contributed by atoms with Gasteiger partial charge in [0.05, 0.1) is 12.2 Å². The number of nitrogens with zero attached hydrogens (tertiary/aromatic N) is 3. The van der Waals surface area contributed by atoms with E-state index in [4.69, 9.17) is 5.73 Å². The maximum absolute atomic E-state index is 11.6. The minimum Gasteiger partial charge on any atom is -0.321 e. The molecule has 14 heavy (non-hydrogen) atoms. The number of aromatic nitrogens is 3. The lowest BCUT2D eigenvalue weighted by molar-refractivity contribution is 0.0953. The molecular formula is C8H12N4OS. The number of ketones is 1. The molecule has 0 saturated heterocycles. The summed E-state index contributed by atoms with van der Waals surface area (Å²) in [5.41, 5.74) is 5.97. The van der Waals surface area contributed by atoms with Crippen molar-refractivity contribution in [1.29, 1.82) is 0 Å². The minimum atomic E-state index is -0.487. The molecular weight excluding hydrogens is 200 g/mol. The van der Waals surface area contributed by atoms with Crippen molar-refractivity contribution < 1.29 is 4.79 Å². The van der Waals surface area contributed by atoms with E-state index in [-0.39, 0.29) is 11.5 Å². The summed E-state index contributed by atoms with van der Waals surface area (Å²) < 4.78 is 0. The molecule has 0 fully saturated rings. The topological polar surface area (TPSA) is 81.8 Å². The Morgan fingerprint density at radius 1 is 1.71 bits per heavy atom. The van der Waals surface area contributed by atoms with Crippen molar-refractivity contribution in [3.05, 3.63) is 18.0 Å². The van der Waals surface area contributed by atoms with Gasteiger partial charge in [0.2, 0.25) is 0 Å². The predicted molar refractivity (Wildman–Crippen MR) is 55.1 cm³/mol. The van der Waals surface area contributed by atoms with Crippen LogP contribution in [0.1, 0.15) is 16.9 Å². The van der Waals surface area contributed by atoms with Crippen LogP contribution in [0.4, 0.5) is 0 Å². The number of carbonyl (C=O) groups excluding carboxylic acids is 1. The molecule has 0 saturated carbocycles. The smallest absolute Gasteiger partial charge is 0.199 e. The molecule has 0 aliphatic rings. The Kier molecular flexibility index (Phi) is 4.48. The van der Waals surface area contributed by atoms with Crippen molar-refractivity contribution in [3.8, 4) is 0 Å². The number of rotatable bonds is 5. The lowest BCUT2D eigenvalue weighted by atomic mass is 10.1. The first-order valence-electron chi connectivity index (χ1n) is 4.19. The summed E-state index contributed by atoms with van der Waals surface area (Å²) in [6.45, 7) is 0. The predicted octanol–water partition coefficient (Wildman–Crippen LogP) is 0.135. The van der Waals surface area contributed by atoms with Gasteiger partial charge in [-0.15, -0.1) is 10.2 Å². The Labute approximate surface area is 86.5 Å². The van der Waals surface area contributed by atoms with Gasteiger partial charge in [-0.2, -0.15) is 11.8 Å². The zero-order valence-electron chi connectivity index (χ0n) is 7.88. The SMILES string of the molecule is CSCC[C@H](N)C(=O)c1ccnnn1. The number of carbonyl (C=O) groups is 1. The number of thioether (sulfide) groups is 1. The molecule has 1 aromatic rings. The molecule has 0 amide bonds. The van der Waals surface area contributed by atoms with Crippen LogP contribution >= 0.6 is 11.8 Å². The summed E-state index contributed by atoms with van der Waals surface area (Å²) >= 11 is 1.66. The fourth-order valence-corrected chi connectivity index (χ4v) is 1.43. The summed E-state index contributed by atoms with van der Waals surface area (Å²) in [6, 6.07) is 1.04. The molecule has 2 N–H and O–H groups in total. The fraction of sp³-hybridized carbons (Fsp3) is 0.500. The third-order valence-corrected chi connectivity index (χ3v) is 2.37. The molecule has 5 nitrogen and oxygen atoms in total. The van der Waals surface area contributed by atoms with Crippen molar-refractivity contribution in [3.63, 3.8) is 0 Å². The van der Waals surface area contributed by atoms with Gasteiger partial charge in [0.15, 0.2) is 5.78 Å². The van der Waals surface area contributed by atoms with Crippen LogP contribution in [0.5, 0.6) is 0 Å². The zero-order valence-corrected chi connectivity index (χ0v) is 8.70. The van der Waals surface area contributed by atoms with E-state index in [0.717, 1.165) is 5.75 Å². The van der Waals surface area contributed by atoms with E-state index < -0.39 is 6.04 Å². The summed E-state index contributed by atoms with van der Waals surface area (Å²) in [6.07, 6.45) is 4.06. The Bertz CT molecular complexity index is 293. The maximum Gasteiger partial charge on any atom is 0.199 e. The van der Waals surface area contributed by atoms with E-state index in [1.807, 2.05) is 6.26 Å². The first-order valence-corrected chi connectivity index (χ1v) is 5.58. The summed E-state index contributed by atoms with van der Waals surface area (Å²) in [7, 11) is 0. The molecule has 1 aromatic heterocycles. The lowest BCUT2D eigenvalue weighted by Gasteiger charge is -2.07. The second kappa shape index (κ2) is 5.66. The van der Waals surface area contributed by atoms with Crippen LogP contribution in [0.3, 0.4) is 0 Å². The molecule has 0 unspecified atom stereocenters. The monoisotopic (exact) mass is 212 g/mol. The Morgan fingerprint density at radius 3 is 3.07 bits per heavy atom. The van der Waals surface area contributed by atoms with Crippen molar-refractivity contribution in [1.82, 2.24) is 15.4 Å². The molecule has 1 atom stereocenters. The van der Waals surface area contributed by atoms with Gasteiger partial charge in [-0.05, 0) is 29.7 Å². The van der Waals surface area contributed by atoms with Gasteiger partial charge in [-0.25, -0.2) is 0 Å². The van der Waals surface area contributed by atoms with Crippen molar-refractivity contribution >= 4 is 17.5 Å². The summed E-state index contributed by atoms with van der Waals surface area (Å²) in [4.78, 5) is 11.6. The van der Waals surface area contributed by atoms with Crippen LogP contribution in [0.15, 0.2) is 12.3 Å². The fourth-order valence-electron chi connectivity index (χ4n) is 0.938. The van der Waals surface area contributed by atoms with Crippen molar-refractivity contribution in [2.75, 3.05) is 12.0 Å². The van der Waals surface area contributed by atoms with E-state index in [2.05, 4.69) is 15.4 Å². The number of hydrogen-bond acceptors (Lipinski definition) is 6.